The van der Waals surface area contributed by atoms with Gasteiger partial charge in [0.2, 0.25) is 0 Å². The highest BCUT2D eigenvalue weighted by molar-refractivity contribution is 5.30. The Labute approximate surface area is 125 Å². The lowest BCUT2D eigenvalue weighted by Gasteiger charge is -2.33. The van der Waals surface area contributed by atoms with Crippen LogP contribution in [0.3, 0.4) is 0 Å². The fourth-order valence-electron chi connectivity index (χ4n) is 2.85. The molecule has 0 spiro atoms. The molecule has 0 aromatic heterocycles. The molecular weight excluding hydrogens is 270 g/mol. The van der Waals surface area contributed by atoms with Gasteiger partial charge in [0.15, 0.2) is 0 Å². The van der Waals surface area contributed by atoms with Crippen molar-refractivity contribution >= 4 is 0 Å². The van der Waals surface area contributed by atoms with Crippen LogP contribution in [0.25, 0.3) is 0 Å². The van der Waals surface area contributed by atoms with Crippen LogP contribution in [0.15, 0.2) is 24.3 Å². The molecule has 118 valence electrons. The summed E-state index contributed by atoms with van der Waals surface area (Å²) in [5.74, 6) is -2.08. The Morgan fingerprint density at radius 1 is 1.24 bits per heavy atom. The molecule has 0 saturated heterocycles. The minimum atomic E-state index is -2.15. The van der Waals surface area contributed by atoms with Gasteiger partial charge < -0.3 is 25.8 Å². The maximum atomic E-state index is 10.2. The summed E-state index contributed by atoms with van der Waals surface area (Å²) >= 11 is 0. The summed E-state index contributed by atoms with van der Waals surface area (Å²) in [5.41, 5.74) is 6.10. The Kier molecular flexibility index (Phi) is 5.58. The molecule has 0 bridgehead atoms. The van der Waals surface area contributed by atoms with Gasteiger partial charge in [-0.05, 0) is 43.5 Å². The van der Waals surface area contributed by atoms with Gasteiger partial charge in [-0.1, -0.05) is 31.4 Å². The first-order valence-electron chi connectivity index (χ1n) is 7.65. The predicted octanol–water partition coefficient (Wildman–Crippen LogP) is 1.67. The lowest BCUT2D eigenvalue weighted by Crippen LogP contribution is -2.44. The highest BCUT2D eigenvalue weighted by atomic mass is 16.8. The fraction of sp³-hybridized carbons (Fsp3) is 0.625. The summed E-state index contributed by atoms with van der Waals surface area (Å²) in [4.78, 5) is 0. The van der Waals surface area contributed by atoms with E-state index in [2.05, 4.69) is 0 Å². The van der Waals surface area contributed by atoms with E-state index < -0.39 is 12.1 Å². The molecular formula is C16H25NO4. The maximum Gasteiger partial charge on any atom is 0.324 e. The zero-order valence-corrected chi connectivity index (χ0v) is 12.2. The van der Waals surface area contributed by atoms with Crippen molar-refractivity contribution in [3.8, 4) is 5.75 Å². The maximum absolute atomic E-state index is 10.2. The van der Waals surface area contributed by atoms with Crippen molar-refractivity contribution in [2.45, 2.75) is 50.6 Å². The molecule has 1 aliphatic carbocycles. The molecule has 5 heteroatoms. The first-order chi connectivity index (χ1) is 10.0. The highest BCUT2D eigenvalue weighted by Gasteiger charge is 2.38. The van der Waals surface area contributed by atoms with E-state index in [4.69, 9.17) is 10.5 Å². The normalized spacial score (nSPS) is 18.5. The van der Waals surface area contributed by atoms with E-state index in [9.17, 15) is 15.3 Å². The van der Waals surface area contributed by atoms with E-state index in [0.717, 1.165) is 32.1 Å². The molecule has 0 amide bonds. The molecule has 1 aromatic rings. The Morgan fingerprint density at radius 2 is 1.95 bits per heavy atom. The molecule has 1 aromatic carbocycles. The van der Waals surface area contributed by atoms with E-state index >= 15 is 0 Å². The Bertz CT molecular complexity index is 444. The van der Waals surface area contributed by atoms with Gasteiger partial charge in [-0.3, -0.25) is 0 Å². The molecule has 5 N–H and O–H groups in total. The average molecular weight is 295 g/mol. The molecule has 2 rings (SSSR count). The minimum absolute atomic E-state index is 0.274. The second-order valence-corrected chi connectivity index (χ2v) is 5.76. The Morgan fingerprint density at radius 3 is 2.62 bits per heavy atom. The van der Waals surface area contributed by atoms with Crippen LogP contribution >= 0.6 is 0 Å². The number of nitrogens with two attached hydrogens (primary N) is 1. The molecule has 0 aliphatic heterocycles. The summed E-state index contributed by atoms with van der Waals surface area (Å²) in [7, 11) is 0. The van der Waals surface area contributed by atoms with Crippen LogP contribution in [0.2, 0.25) is 0 Å². The standard InChI is InChI=1S/C16H25NO4/c17-10-9-15(18)12-5-4-8-14(11-12)21-16(19,20)13-6-2-1-3-7-13/h4-5,8,11,13,15,18-20H,1-3,6-7,9-10,17H2. The topological polar surface area (TPSA) is 95.9 Å². The SMILES string of the molecule is NCCC(O)c1cccc(OC(O)(O)C2CCCCC2)c1. The summed E-state index contributed by atoms with van der Waals surface area (Å²) < 4.78 is 5.38. The van der Waals surface area contributed by atoms with E-state index in [0.29, 0.717) is 24.3 Å². The summed E-state index contributed by atoms with van der Waals surface area (Å²) in [6.07, 6.45) is 4.41. The molecule has 0 radical (unpaired) electrons. The van der Waals surface area contributed by atoms with Crippen molar-refractivity contribution in [3.63, 3.8) is 0 Å². The van der Waals surface area contributed by atoms with Crippen molar-refractivity contribution in [2.24, 2.45) is 11.7 Å². The van der Waals surface area contributed by atoms with Gasteiger partial charge in [0.1, 0.15) is 5.75 Å². The van der Waals surface area contributed by atoms with E-state index in [1.54, 1.807) is 24.3 Å². The lowest BCUT2D eigenvalue weighted by molar-refractivity contribution is -0.327. The van der Waals surface area contributed by atoms with E-state index in [1.165, 1.54) is 0 Å². The van der Waals surface area contributed by atoms with E-state index in [-0.39, 0.29) is 5.92 Å². The van der Waals surface area contributed by atoms with E-state index in [1.807, 2.05) is 0 Å². The van der Waals surface area contributed by atoms with Crippen LogP contribution in [-0.2, 0) is 0 Å². The number of rotatable bonds is 6. The molecule has 1 atom stereocenters. The summed E-state index contributed by atoms with van der Waals surface area (Å²) in [5, 5.41) is 30.3. The third kappa shape index (κ3) is 4.41. The molecule has 0 heterocycles. The van der Waals surface area contributed by atoms with Crippen LogP contribution in [0.1, 0.15) is 50.2 Å². The van der Waals surface area contributed by atoms with Gasteiger partial charge in [0.05, 0.1) is 12.0 Å². The number of hydrogen-bond donors (Lipinski definition) is 4. The Balaban J connectivity index is 2.05. The zero-order chi connectivity index (χ0) is 15.3. The van der Waals surface area contributed by atoms with Crippen LogP contribution < -0.4 is 10.5 Å². The second kappa shape index (κ2) is 7.22. The smallest absolute Gasteiger partial charge is 0.324 e. The molecule has 1 unspecified atom stereocenters. The van der Waals surface area contributed by atoms with Crippen LogP contribution in [0.5, 0.6) is 5.75 Å². The van der Waals surface area contributed by atoms with Gasteiger partial charge in [-0.15, -0.1) is 0 Å². The van der Waals surface area contributed by atoms with Crippen molar-refractivity contribution in [2.75, 3.05) is 6.54 Å². The highest BCUT2D eigenvalue weighted by Crippen LogP contribution is 2.33. The number of ether oxygens (including phenoxy) is 1. The Hall–Kier alpha value is -1.14. The quantitative estimate of drug-likeness (QED) is 0.599. The first kappa shape index (κ1) is 16.2. The van der Waals surface area contributed by atoms with Crippen LogP contribution in [-0.4, -0.2) is 27.8 Å². The largest absolute Gasteiger partial charge is 0.439 e. The van der Waals surface area contributed by atoms with Gasteiger partial charge in [0.25, 0.3) is 0 Å². The number of aliphatic hydroxyl groups is 3. The fourth-order valence-corrected chi connectivity index (χ4v) is 2.85. The van der Waals surface area contributed by atoms with Crippen LogP contribution in [0.4, 0.5) is 0 Å². The van der Waals surface area contributed by atoms with Gasteiger partial charge in [0, 0.05) is 0 Å². The monoisotopic (exact) mass is 295 g/mol. The van der Waals surface area contributed by atoms with Gasteiger partial charge in [-0.2, -0.15) is 0 Å². The predicted molar refractivity (Wildman–Crippen MR) is 79.4 cm³/mol. The molecule has 1 saturated carbocycles. The van der Waals surface area contributed by atoms with Gasteiger partial charge >= 0.3 is 5.97 Å². The summed E-state index contributed by atoms with van der Waals surface area (Å²) in [6, 6.07) is 6.78. The third-order valence-electron chi connectivity index (χ3n) is 4.09. The number of benzene rings is 1. The van der Waals surface area contributed by atoms with Crippen molar-refractivity contribution < 1.29 is 20.1 Å². The minimum Gasteiger partial charge on any atom is -0.439 e. The third-order valence-corrected chi connectivity index (χ3v) is 4.09. The van der Waals surface area contributed by atoms with Crippen molar-refractivity contribution in [1.29, 1.82) is 0 Å². The molecule has 1 aliphatic rings. The molecule has 1 fully saturated rings. The van der Waals surface area contributed by atoms with Crippen molar-refractivity contribution in [3.05, 3.63) is 29.8 Å². The van der Waals surface area contributed by atoms with Crippen molar-refractivity contribution in [1.82, 2.24) is 0 Å². The lowest BCUT2D eigenvalue weighted by atomic mass is 9.87. The average Bonchev–Trinajstić information content (AvgIpc) is 2.48. The first-order valence-corrected chi connectivity index (χ1v) is 7.65. The number of aliphatic hydroxyl groups excluding tert-OH is 1. The number of hydrogen-bond acceptors (Lipinski definition) is 5. The summed E-state index contributed by atoms with van der Waals surface area (Å²) in [6.45, 7) is 0.387. The van der Waals surface area contributed by atoms with Crippen LogP contribution in [0, 0.1) is 5.92 Å². The zero-order valence-electron chi connectivity index (χ0n) is 12.2. The molecule has 21 heavy (non-hydrogen) atoms. The second-order valence-electron chi connectivity index (χ2n) is 5.76. The molecule has 5 nitrogen and oxygen atoms in total. The van der Waals surface area contributed by atoms with Gasteiger partial charge in [-0.25, -0.2) is 0 Å².